The number of rotatable bonds is 6. The highest BCUT2D eigenvalue weighted by Gasteiger charge is 1.98. The van der Waals surface area contributed by atoms with Crippen molar-refractivity contribution in [2.24, 2.45) is 0 Å². The summed E-state index contributed by atoms with van der Waals surface area (Å²) in [7, 11) is 0. The monoisotopic (exact) mass is 179 g/mol. The van der Waals surface area contributed by atoms with Crippen molar-refractivity contribution >= 4 is 0 Å². The number of terminal acetylenes is 1. The largest absolute Gasteiger partial charge is 0.379 e. The number of hydrogen-bond donors (Lipinski definition) is 2. The fraction of sp³-hybridized carbons (Fsp3) is 0.455. The maximum Gasteiger partial charge on any atom is 0.126 e. The van der Waals surface area contributed by atoms with Crippen molar-refractivity contribution in [2.75, 3.05) is 13.1 Å². The van der Waals surface area contributed by atoms with Crippen LogP contribution in [0, 0.1) is 12.3 Å². The summed E-state index contributed by atoms with van der Waals surface area (Å²) in [4.78, 5) is 0. The van der Waals surface area contributed by atoms with Crippen LogP contribution >= 0.6 is 0 Å². The Bertz CT molecular complexity index is 213. The predicted molar refractivity (Wildman–Crippen MR) is 56.3 cm³/mol. The van der Waals surface area contributed by atoms with Crippen LogP contribution in [0.5, 0.6) is 0 Å². The first kappa shape index (κ1) is 12.0. The summed E-state index contributed by atoms with van der Waals surface area (Å²) in [6.45, 7) is 6.83. The van der Waals surface area contributed by atoms with Crippen LogP contribution in [-0.4, -0.2) is 24.3 Å². The molecule has 13 heavy (non-hydrogen) atoms. The maximum atomic E-state index is 9.04. The summed E-state index contributed by atoms with van der Waals surface area (Å²) in [6.07, 6.45) is 9.08. The van der Waals surface area contributed by atoms with Gasteiger partial charge in [-0.3, -0.25) is 0 Å². The average Bonchev–Trinajstić information content (AvgIpc) is 2.16. The third kappa shape index (κ3) is 6.15. The van der Waals surface area contributed by atoms with E-state index in [1.54, 1.807) is 0 Å². The molecule has 0 fully saturated rings. The highest BCUT2D eigenvalue weighted by atomic mass is 16.3. The van der Waals surface area contributed by atoms with E-state index in [-0.39, 0.29) is 0 Å². The molecule has 0 aromatic rings. The van der Waals surface area contributed by atoms with Gasteiger partial charge in [-0.05, 0) is 13.3 Å². The zero-order chi connectivity index (χ0) is 10.1. The third-order valence-electron chi connectivity index (χ3n) is 1.70. The van der Waals surface area contributed by atoms with Gasteiger partial charge in [-0.2, -0.15) is 0 Å². The SMILES string of the molecule is C#CC(O)CNC/C(=C/C)CC=C. The molecule has 1 atom stereocenters. The molecule has 2 heteroatoms. The highest BCUT2D eigenvalue weighted by molar-refractivity contribution is 5.07. The molecule has 0 radical (unpaired) electrons. The van der Waals surface area contributed by atoms with E-state index in [0.29, 0.717) is 6.54 Å². The molecule has 1 unspecified atom stereocenters. The van der Waals surface area contributed by atoms with E-state index in [2.05, 4.69) is 17.8 Å². The van der Waals surface area contributed by atoms with Crippen LogP contribution in [0.4, 0.5) is 0 Å². The van der Waals surface area contributed by atoms with E-state index in [1.807, 2.05) is 19.1 Å². The number of nitrogens with one attached hydrogen (secondary N) is 1. The molecular formula is C11H17NO. The lowest BCUT2D eigenvalue weighted by atomic mass is 10.2. The molecule has 0 aromatic carbocycles. The zero-order valence-corrected chi connectivity index (χ0v) is 8.09. The molecule has 0 aromatic heterocycles. The highest BCUT2D eigenvalue weighted by Crippen LogP contribution is 1.99. The topological polar surface area (TPSA) is 32.3 Å². The lowest BCUT2D eigenvalue weighted by Crippen LogP contribution is -2.27. The van der Waals surface area contributed by atoms with E-state index in [9.17, 15) is 0 Å². The van der Waals surface area contributed by atoms with Crippen molar-refractivity contribution in [1.29, 1.82) is 0 Å². The Morgan fingerprint density at radius 1 is 1.77 bits per heavy atom. The molecule has 0 rings (SSSR count). The van der Waals surface area contributed by atoms with E-state index in [4.69, 9.17) is 11.5 Å². The minimum Gasteiger partial charge on any atom is -0.379 e. The molecule has 0 aliphatic rings. The zero-order valence-electron chi connectivity index (χ0n) is 8.09. The Labute approximate surface area is 80.4 Å². The molecule has 72 valence electrons. The molecule has 2 N–H and O–H groups in total. The van der Waals surface area contributed by atoms with Gasteiger partial charge >= 0.3 is 0 Å². The average molecular weight is 179 g/mol. The van der Waals surface area contributed by atoms with Gasteiger partial charge in [0, 0.05) is 13.1 Å². The van der Waals surface area contributed by atoms with Crippen LogP contribution in [0.1, 0.15) is 13.3 Å². The van der Waals surface area contributed by atoms with Crippen LogP contribution in [0.25, 0.3) is 0 Å². The molecular weight excluding hydrogens is 162 g/mol. The van der Waals surface area contributed by atoms with E-state index in [1.165, 1.54) is 5.57 Å². The Morgan fingerprint density at radius 3 is 2.92 bits per heavy atom. The van der Waals surface area contributed by atoms with Gasteiger partial charge < -0.3 is 10.4 Å². The van der Waals surface area contributed by atoms with Gasteiger partial charge in [-0.25, -0.2) is 0 Å². The first-order valence-corrected chi connectivity index (χ1v) is 4.34. The van der Waals surface area contributed by atoms with Crippen molar-refractivity contribution < 1.29 is 5.11 Å². The molecule has 0 bridgehead atoms. The van der Waals surface area contributed by atoms with Gasteiger partial charge in [0.05, 0.1) is 0 Å². The molecule has 0 aliphatic heterocycles. The minimum atomic E-state index is -0.693. The fourth-order valence-electron chi connectivity index (χ4n) is 0.906. The normalized spacial score (nSPS) is 13.5. The number of hydrogen-bond acceptors (Lipinski definition) is 2. The maximum absolute atomic E-state index is 9.04. The lowest BCUT2D eigenvalue weighted by Gasteiger charge is -2.07. The standard InChI is InChI=1S/C11H17NO/c1-4-7-10(5-2)8-12-9-11(13)6-3/h3-5,11-13H,1,7-9H2,2H3/b10-5+. The Kier molecular flexibility index (Phi) is 6.99. The molecule has 0 heterocycles. The summed E-state index contributed by atoms with van der Waals surface area (Å²) in [5.41, 5.74) is 1.25. The van der Waals surface area contributed by atoms with Gasteiger partial charge in [0.1, 0.15) is 6.10 Å². The summed E-state index contributed by atoms with van der Waals surface area (Å²) in [5, 5.41) is 12.1. The van der Waals surface area contributed by atoms with Crippen LogP contribution < -0.4 is 5.32 Å². The van der Waals surface area contributed by atoms with Gasteiger partial charge in [0.2, 0.25) is 0 Å². The molecule has 0 amide bonds. The predicted octanol–water partition coefficient (Wildman–Crippen LogP) is 1.09. The number of aliphatic hydroxyl groups excluding tert-OH is 1. The van der Waals surface area contributed by atoms with E-state index >= 15 is 0 Å². The number of allylic oxidation sites excluding steroid dienone is 2. The van der Waals surface area contributed by atoms with Crippen LogP contribution in [-0.2, 0) is 0 Å². The summed E-state index contributed by atoms with van der Waals surface area (Å²) in [6, 6.07) is 0. The number of aliphatic hydroxyl groups is 1. The summed E-state index contributed by atoms with van der Waals surface area (Å²) < 4.78 is 0. The first-order valence-electron chi connectivity index (χ1n) is 4.34. The summed E-state index contributed by atoms with van der Waals surface area (Å²) >= 11 is 0. The van der Waals surface area contributed by atoms with Crippen molar-refractivity contribution in [2.45, 2.75) is 19.4 Å². The first-order chi connectivity index (χ1) is 6.24. The molecule has 0 spiro atoms. The molecule has 2 nitrogen and oxygen atoms in total. The van der Waals surface area contributed by atoms with Crippen molar-refractivity contribution in [1.82, 2.24) is 5.32 Å². The molecule has 0 saturated carbocycles. The van der Waals surface area contributed by atoms with E-state index in [0.717, 1.165) is 13.0 Å². The van der Waals surface area contributed by atoms with Crippen molar-refractivity contribution in [3.63, 3.8) is 0 Å². The van der Waals surface area contributed by atoms with Crippen LogP contribution in [0.3, 0.4) is 0 Å². The van der Waals surface area contributed by atoms with Crippen molar-refractivity contribution in [3.8, 4) is 12.3 Å². The molecule has 0 aliphatic carbocycles. The Balaban J connectivity index is 3.63. The second kappa shape index (κ2) is 7.60. The smallest absolute Gasteiger partial charge is 0.126 e. The Hall–Kier alpha value is -1.04. The van der Waals surface area contributed by atoms with Crippen LogP contribution in [0.2, 0.25) is 0 Å². The van der Waals surface area contributed by atoms with Crippen LogP contribution in [0.15, 0.2) is 24.3 Å². The molecule has 0 saturated heterocycles. The minimum absolute atomic E-state index is 0.435. The van der Waals surface area contributed by atoms with Crippen molar-refractivity contribution in [3.05, 3.63) is 24.3 Å². The van der Waals surface area contributed by atoms with Gasteiger partial charge in [0.15, 0.2) is 0 Å². The second-order valence-electron chi connectivity index (χ2n) is 2.75. The van der Waals surface area contributed by atoms with Gasteiger partial charge in [-0.1, -0.05) is 23.6 Å². The second-order valence-corrected chi connectivity index (χ2v) is 2.75. The quantitative estimate of drug-likeness (QED) is 0.472. The van der Waals surface area contributed by atoms with Gasteiger partial charge in [0.25, 0.3) is 0 Å². The summed E-state index contributed by atoms with van der Waals surface area (Å²) in [5.74, 6) is 2.24. The third-order valence-corrected chi connectivity index (χ3v) is 1.70. The lowest BCUT2D eigenvalue weighted by molar-refractivity contribution is 0.229. The van der Waals surface area contributed by atoms with E-state index < -0.39 is 6.10 Å². The fourth-order valence-corrected chi connectivity index (χ4v) is 0.906. The van der Waals surface area contributed by atoms with Gasteiger partial charge in [-0.15, -0.1) is 13.0 Å². The Morgan fingerprint density at radius 2 is 2.46 bits per heavy atom.